The van der Waals surface area contributed by atoms with Gasteiger partial charge in [0, 0.05) is 34.8 Å². The summed E-state index contributed by atoms with van der Waals surface area (Å²) in [5.41, 5.74) is 5.07. The van der Waals surface area contributed by atoms with Gasteiger partial charge in [0.2, 0.25) is 5.95 Å². The lowest BCUT2D eigenvalue weighted by molar-refractivity contribution is 0.872. The molecule has 2 heterocycles. The fourth-order valence-corrected chi connectivity index (χ4v) is 3.95. The van der Waals surface area contributed by atoms with Crippen molar-refractivity contribution in [2.45, 2.75) is 37.0 Å². The van der Waals surface area contributed by atoms with Gasteiger partial charge in [0.25, 0.3) is 0 Å². The summed E-state index contributed by atoms with van der Waals surface area (Å²) in [4.78, 5) is 13.5. The van der Waals surface area contributed by atoms with Crippen LogP contribution < -0.4 is 4.90 Å². The molecule has 1 aromatic carbocycles. The zero-order valence-electron chi connectivity index (χ0n) is 13.0. The Morgan fingerprint density at radius 2 is 1.91 bits per heavy atom. The van der Waals surface area contributed by atoms with E-state index in [1.165, 1.54) is 46.7 Å². The number of anilines is 1. The molecule has 2 aromatic rings. The fraction of sp³-hybridized carbons (Fsp3) is 0.444. The van der Waals surface area contributed by atoms with Crippen molar-refractivity contribution in [1.82, 2.24) is 9.97 Å². The number of fused-ring (bicyclic) bond motifs is 1. The molecule has 1 saturated heterocycles. The average Bonchev–Trinajstić information content (AvgIpc) is 3.25. The first-order chi connectivity index (χ1) is 10.8. The van der Waals surface area contributed by atoms with Crippen LogP contribution in [0.3, 0.4) is 0 Å². The highest BCUT2D eigenvalue weighted by molar-refractivity contribution is 7.98. The lowest BCUT2D eigenvalue weighted by Crippen LogP contribution is -2.21. The second-order valence-corrected chi connectivity index (χ2v) is 6.96. The van der Waals surface area contributed by atoms with Gasteiger partial charge in [-0.05, 0) is 50.5 Å². The Morgan fingerprint density at radius 3 is 2.73 bits per heavy atom. The van der Waals surface area contributed by atoms with Crippen molar-refractivity contribution in [2.24, 2.45) is 0 Å². The lowest BCUT2D eigenvalue weighted by Gasteiger charge is -2.18. The van der Waals surface area contributed by atoms with Crippen LogP contribution in [0.5, 0.6) is 0 Å². The quantitative estimate of drug-likeness (QED) is 0.803. The molecule has 0 unspecified atom stereocenters. The molecule has 1 aliphatic heterocycles. The van der Waals surface area contributed by atoms with Crippen molar-refractivity contribution >= 4 is 17.7 Å². The minimum Gasteiger partial charge on any atom is -0.341 e. The number of hydrogen-bond acceptors (Lipinski definition) is 4. The Morgan fingerprint density at radius 1 is 1.05 bits per heavy atom. The summed E-state index contributed by atoms with van der Waals surface area (Å²) in [6.07, 6.45) is 8.08. The largest absolute Gasteiger partial charge is 0.341 e. The number of hydrogen-bond donors (Lipinski definition) is 0. The fourth-order valence-electron chi connectivity index (χ4n) is 3.49. The Kier molecular flexibility index (Phi) is 3.78. The van der Waals surface area contributed by atoms with Gasteiger partial charge in [-0.25, -0.2) is 9.97 Å². The van der Waals surface area contributed by atoms with Gasteiger partial charge in [-0.2, -0.15) is 0 Å². The third-order valence-corrected chi connectivity index (χ3v) is 5.38. The Balaban J connectivity index is 1.82. The van der Waals surface area contributed by atoms with Crippen molar-refractivity contribution in [1.29, 1.82) is 0 Å². The van der Waals surface area contributed by atoms with Gasteiger partial charge < -0.3 is 4.90 Å². The van der Waals surface area contributed by atoms with E-state index in [0.717, 1.165) is 31.9 Å². The maximum absolute atomic E-state index is 4.98. The average molecular weight is 311 g/mol. The Bertz CT molecular complexity index is 693. The number of thioether (sulfide) groups is 1. The summed E-state index contributed by atoms with van der Waals surface area (Å²) >= 11 is 1.79. The smallest absolute Gasteiger partial charge is 0.226 e. The van der Waals surface area contributed by atoms with E-state index in [2.05, 4.69) is 35.4 Å². The van der Waals surface area contributed by atoms with Gasteiger partial charge in [-0.15, -0.1) is 11.8 Å². The summed E-state index contributed by atoms with van der Waals surface area (Å²) < 4.78 is 0. The zero-order chi connectivity index (χ0) is 14.9. The number of aryl methyl sites for hydroxylation is 1. The highest BCUT2D eigenvalue weighted by atomic mass is 32.2. The van der Waals surface area contributed by atoms with E-state index in [0.29, 0.717) is 0 Å². The van der Waals surface area contributed by atoms with Gasteiger partial charge in [0.1, 0.15) is 0 Å². The molecule has 4 heteroatoms. The molecule has 0 atom stereocenters. The monoisotopic (exact) mass is 311 g/mol. The van der Waals surface area contributed by atoms with E-state index in [9.17, 15) is 0 Å². The van der Waals surface area contributed by atoms with E-state index in [1.54, 1.807) is 11.8 Å². The molecule has 1 aromatic heterocycles. The normalized spacial score (nSPS) is 17.0. The van der Waals surface area contributed by atoms with Gasteiger partial charge >= 0.3 is 0 Å². The molecule has 22 heavy (non-hydrogen) atoms. The highest BCUT2D eigenvalue weighted by Crippen LogP contribution is 2.33. The third kappa shape index (κ3) is 2.50. The van der Waals surface area contributed by atoms with Crippen molar-refractivity contribution < 1.29 is 0 Å². The minimum absolute atomic E-state index is 0.947. The van der Waals surface area contributed by atoms with Crippen LogP contribution in [-0.4, -0.2) is 29.3 Å². The molecule has 4 rings (SSSR count). The van der Waals surface area contributed by atoms with Crippen LogP contribution in [0, 0.1) is 0 Å². The molecule has 114 valence electrons. The van der Waals surface area contributed by atoms with E-state index in [1.807, 2.05) is 0 Å². The number of benzene rings is 1. The SMILES string of the molecule is CSc1cccc(-c2nc(N3CCCC3)nc3c2CCC3)c1. The second kappa shape index (κ2) is 5.92. The maximum Gasteiger partial charge on any atom is 0.226 e. The topological polar surface area (TPSA) is 29.0 Å². The van der Waals surface area contributed by atoms with Crippen molar-refractivity contribution in [2.75, 3.05) is 24.2 Å². The summed E-state index contributed by atoms with van der Waals surface area (Å²) in [6, 6.07) is 8.75. The Hall–Kier alpha value is -1.55. The third-order valence-electron chi connectivity index (χ3n) is 4.65. The molecule has 0 bridgehead atoms. The first-order valence-corrected chi connectivity index (χ1v) is 9.37. The zero-order valence-corrected chi connectivity index (χ0v) is 13.8. The van der Waals surface area contributed by atoms with Crippen LogP contribution in [0.2, 0.25) is 0 Å². The molecular formula is C18H21N3S. The molecular weight excluding hydrogens is 290 g/mol. The van der Waals surface area contributed by atoms with E-state index < -0.39 is 0 Å². The molecule has 1 aliphatic carbocycles. The summed E-state index contributed by atoms with van der Waals surface area (Å²) in [7, 11) is 0. The standard InChI is InChI=1S/C18H21N3S/c1-22-14-7-4-6-13(12-14)17-15-8-5-9-16(15)19-18(20-17)21-10-2-3-11-21/h4,6-7,12H,2-3,5,8-11H2,1H3. The molecule has 0 amide bonds. The molecule has 0 spiro atoms. The van der Waals surface area contributed by atoms with E-state index in [-0.39, 0.29) is 0 Å². The first kappa shape index (κ1) is 14.1. The van der Waals surface area contributed by atoms with Crippen LogP contribution in [0.4, 0.5) is 5.95 Å². The van der Waals surface area contributed by atoms with Crippen molar-refractivity contribution in [3.8, 4) is 11.3 Å². The predicted octanol–water partition coefficient (Wildman–Crippen LogP) is 3.95. The maximum atomic E-state index is 4.98. The van der Waals surface area contributed by atoms with Crippen LogP contribution in [0.1, 0.15) is 30.5 Å². The minimum atomic E-state index is 0.947. The van der Waals surface area contributed by atoms with Crippen LogP contribution in [0.25, 0.3) is 11.3 Å². The molecule has 0 saturated carbocycles. The Labute approximate surface area is 136 Å². The van der Waals surface area contributed by atoms with Crippen LogP contribution in [0.15, 0.2) is 29.2 Å². The summed E-state index contributed by atoms with van der Waals surface area (Å²) in [6.45, 7) is 2.20. The number of aromatic nitrogens is 2. The van der Waals surface area contributed by atoms with Crippen LogP contribution in [-0.2, 0) is 12.8 Å². The van der Waals surface area contributed by atoms with Gasteiger partial charge in [-0.3, -0.25) is 0 Å². The highest BCUT2D eigenvalue weighted by Gasteiger charge is 2.23. The molecule has 2 aliphatic rings. The summed E-state index contributed by atoms with van der Waals surface area (Å²) in [5.74, 6) is 0.947. The van der Waals surface area contributed by atoms with Gasteiger partial charge in [0.05, 0.1) is 5.69 Å². The lowest BCUT2D eigenvalue weighted by atomic mass is 10.1. The molecule has 0 N–H and O–H groups in total. The number of nitrogens with zero attached hydrogens (tertiary/aromatic N) is 3. The molecule has 3 nitrogen and oxygen atoms in total. The van der Waals surface area contributed by atoms with E-state index in [4.69, 9.17) is 9.97 Å². The van der Waals surface area contributed by atoms with E-state index >= 15 is 0 Å². The van der Waals surface area contributed by atoms with Crippen molar-refractivity contribution in [3.05, 3.63) is 35.5 Å². The van der Waals surface area contributed by atoms with Gasteiger partial charge in [-0.1, -0.05) is 12.1 Å². The second-order valence-electron chi connectivity index (χ2n) is 6.08. The predicted molar refractivity (Wildman–Crippen MR) is 92.7 cm³/mol. The van der Waals surface area contributed by atoms with Gasteiger partial charge in [0.15, 0.2) is 0 Å². The molecule has 1 fully saturated rings. The molecule has 0 radical (unpaired) electrons. The van der Waals surface area contributed by atoms with Crippen LogP contribution >= 0.6 is 11.8 Å². The summed E-state index contributed by atoms with van der Waals surface area (Å²) in [5, 5.41) is 0. The van der Waals surface area contributed by atoms with Crippen molar-refractivity contribution in [3.63, 3.8) is 0 Å². The first-order valence-electron chi connectivity index (χ1n) is 8.14. The number of rotatable bonds is 3.